The zero-order valence-corrected chi connectivity index (χ0v) is 20.3. The number of rotatable bonds is 10. The number of hydrogen-bond donors (Lipinski definition) is 3. The molecule has 2 aromatic carbocycles. The molecule has 0 saturated heterocycles. The van der Waals surface area contributed by atoms with Crippen molar-refractivity contribution in [2.75, 3.05) is 13.2 Å². The second-order valence-electron chi connectivity index (χ2n) is 9.88. The van der Waals surface area contributed by atoms with Crippen LogP contribution in [-0.4, -0.2) is 42.3 Å². The minimum atomic E-state index is -0.776. The molecule has 1 fully saturated rings. The Morgan fingerprint density at radius 2 is 1.60 bits per heavy atom. The number of amides is 2. The number of nitrogens with one attached hydrogen (secondary N) is 2. The molecular weight excluding hydrogens is 444 g/mol. The van der Waals surface area contributed by atoms with Gasteiger partial charge in [0.15, 0.2) is 0 Å². The first kappa shape index (κ1) is 24.8. The van der Waals surface area contributed by atoms with Crippen LogP contribution in [0.15, 0.2) is 48.5 Å². The second kappa shape index (κ2) is 10.9. The highest BCUT2D eigenvalue weighted by Gasteiger charge is 2.33. The van der Waals surface area contributed by atoms with Crippen LogP contribution in [0.1, 0.15) is 56.6 Å². The van der Waals surface area contributed by atoms with Gasteiger partial charge in [0, 0.05) is 18.9 Å². The molecule has 7 heteroatoms. The molecule has 0 bridgehead atoms. The summed E-state index contributed by atoms with van der Waals surface area (Å²) in [6.07, 6.45) is 1.92. The molecule has 3 N–H and O–H groups in total. The van der Waals surface area contributed by atoms with Gasteiger partial charge in [-0.25, -0.2) is 4.79 Å². The Labute approximate surface area is 206 Å². The largest absolute Gasteiger partial charge is 0.481 e. The highest BCUT2D eigenvalue weighted by molar-refractivity contribution is 5.86. The van der Waals surface area contributed by atoms with Crippen LogP contribution in [0.25, 0.3) is 11.1 Å². The maximum absolute atomic E-state index is 12.9. The first-order valence-corrected chi connectivity index (χ1v) is 12.5. The van der Waals surface area contributed by atoms with E-state index >= 15 is 0 Å². The van der Waals surface area contributed by atoms with Gasteiger partial charge in [-0.3, -0.25) is 9.59 Å². The summed E-state index contributed by atoms with van der Waals surface area (Å²) in [4.78, 5) is 36.4. The molecule has 2 amide bonds. The van der Waals surface area contributed by atoms with Gasteiger partial charge in [-0.15, -0.1) is 0 Å². The van der Waals surface area contributed by atoms with Crippen molar-refractivity contribution in [3.8, 4) is 11.1 Å². The van der Waals surface area contributed by atoms with Gasteiger partial charge in [-0.1, -0.05) is 68.8 Å². The van der Waals surface area contributed by atoms with Gasteiger partial charge in [-0.05, 0) is 52.8 Å². The third-order valence-electron chi connectivity index (χ3n) is 7.47. The number of hydrogen-bond acceptors (Lipinski definition) is 4. The molecule has 0 heterocycles. The smallest absolute Gasteiger partial charge is 0.407 e. The fourth-order valence-corrected chi connectivity index (χ4v) is 5.28. The monoisotopic (exact) mass is 478 g/mol. The minimum Gasteiger partial charge on any atom is -0.481 e. The van der Waals surface area contributed by atoms with E-state index in [9.17, 15) is 14.4 Å². The molecule has 4 rings (SSSR count). The lowest BCUT2D eigenvalue weighted by Crippen LogP contribution is -2.51. The molecule has 186 valence electrons. The molecule has 0 aromatic heterocycles. The van der Waals surface area contributed by atoms with E-state index in [1.54, 1.807) is 0 Å². The zero-order chi connectivity index (χ0) is 24.9. The predicted octanol–water partition coefficient (Wildman–Crippen LogP) is 4.56. The maximum atomic E-state index is 12.9. The van der Waals surface area contributed by atoms with E-state index in [0.29, 0.717) is 6.54 Å². The normalized spacial score (nSPS) is 20.1. The van der Waals surface area contributed by atoms with Crippen LogP contribution in [0.5, 0.6) is 0 Å². The number of carboxylic acid groups (broad SMARTS) is 1. The first-order chi connectivity index (χ1) is 16.9. The molecule has 0 radical (unpaired) electrons. The van der Waals surface area contributed by atoms with Gasteiger partial charge in [0.2, 0.25) is 5.91 Å². The average molecular weight is 479 g/mol. The third-order valence-corrected chi connectivity index (χ3v) is 7.47. The van der Waals surface area contributed by atoms with E-state index in [0.717, 1.165) is 41.5 Å². The van der Waals surface area contributed by atoms with E-state index in [2.05, 4.69) is 34.9 Å². The number of aliphatic carboxylic acids is 1. The van der Waals surface area contributed by atoms with Gasteiger partial charge in [0.05, 0.1) is 0 Å². The van der Waals surface area contributed by atoms with E-state index in [1.807, 2.05) is 38.1 Å². The number of fused-ring (bicyclic) bond motifs is 3. The summed E-state index contributed by atoms with van der Waals surface area (Å²) in [5.41, 5.74) is 4.60. The van der Waals surface area contributed by atoms with Crippen LogP contribution in [0, 0.1) is 17.8 Å². The standard InChI is InChI=1S/C28H34N2O5/c1-3-17(2)26(27(33)29-15-19-12-18(13-19)14-25(31)32)30-28(34)35-16-24-22-10-6-4-8-20(22)21-9-5-7-11-23(21)24/h4-11,17-19,24,26H,3,12-16H2,1-2H3,(H,29,33)(H,30,34)(H,31,32)/t17-,18?,19?,26-/m0/s1. The lowest BCUT2D eigenvalue weighted by molar-refractivity contribution is -0.139. The van der Waals surface area contributed by atoms with Crippen molar-refractivity contribution >= 4 is 18.0 Å². The number of carbonyl (C=O) groups excluding carboxylic acids is 2. The molecule has 35 heavy (non-hydrogen) atoms. The minimum absolute atomic E-state index is 0.0404. The Kier molecular flexibility index (Phi) is 7.73. The van der Waals surface area contributed by atoms with Crippen molar-refractivity contribution in [2.24, 2.45) is 17.8 Å². The molecule has 1 saturated carbocycles. The summed E-state index contributed by atoms with van der Waals surface area (Å²) < 4.78 is 5.64. The van der Waals surface area contributed by atoms with Crippen molar-refractivity contribution in [1.82, 2.24) is 10.6 Å². The van der Waals surface area contributed by atoms with Crippen LogP contribution in [0.3, 0.4) is 0 Å². The second-order valence-corrected chi connectivity index (χ2v) is 9.88. The lowest BCUT2D eigenvalue weighted by Gasteiger charge is -2.35. The van der Waals surface area contributed by atoms with E-state index in [-0.39, 0.29) is 42.6 Å². The summed E-state index contributed by atoms with van der Waals surface area (Å²) in [5.74, 6) is -0.622. The number of ether oxygens (including phenoxy) is 1. The Hall–Kier alpha value is -3.35. The van der Waals surface area contributed by atoms with Crippen LogP contribution < -0.4 is 10.6 Å². The van der Waals surface area contributed by atoms with Crippen molar-refractivity contribution in [3.63, 3.8) is 0 Å². The van der Waals surface area contributed by atoms with Crippen LogP contribution in [0.2, 0.25) is 0 Å². The maximum Gasteiger partial charge on any atom is 0.407 e. The predicted molar refractivity (Wildman–Crippen MR) is 133 cm³/mol. The van der Waals surface area contributed by atoms with Crippen LogP contribution >= 0.6 is 0 Å². The van der Waals surface area contributed by atoms with E-state index in [4.69, 9.17) is 9.84 Å². The van der Waals surface area contributed by atoms with Crippen molar-refractivity contribution in [1.29, 1.82) is 0 Å². The van der Waals surface area contributed by atoms with Crippen molar-refractivity contribution < 1.29 is 24.2 Å². The Balaban J connectivity index is 1.31. The molecular formula is C28H34N2O5. The summed E-state index contributed by atoms with van der Waals surface area (Å²) in [6, 6.07) is 15.6. The third kappa shape index (κ3) is 5.66. The number of benzene rings is 2. The van der Waals surface area contributed by atoms with Gasteiger partial charge in [0.25, 0.3) is 0 Å². The number of alkyl carbamates (subject to hydrolysis) is 1. The number of carboxylic acids is 1. The summed E-state index contributed by atoms with van der Waals surface area (Å²) in [7, 11) is 0. The first-order valence-electron chi connectivity index (χ1n) is 12.5. The molecule has 2 aromatic rings. The average Bonchev–Trinajstić information content (AvgIpc) is 3.15. The SMILES string of the molecule is CC[C@H](C)[C@H](NC(=O)OCC1c2ccccc2-c2ccccc21)C(=O)NCC1CC(CC(=O)O)C1. The number of carbonyl (C=O) groups is 3. The molecule has 7 nitrogen and oxygen atoms in total. The molecule has 0 spiro atoms. The summed E-state index contributed by atoms with van der Waals surface area (Å²) in [5, 5.41) is 14.6. The van der Waals surface area contributed by atoms with Gasteiger partial charge in [-0.2, -0.15) is 0 Å². The molecule has 0 unspecified atom stereocenters. The van der Waals surface area contributed by atoms with E-state index < -0.39 is 18.1 Å². The highest BCUT2D eigenvalue weighted by atomic mass is 16.5. The molecule has 0 aliphatic heterocycles. The van der Waals surface area contributed by atoms with Crippen LogP contribution in [-0.2, 0) is 14.3 Å². The molecule has 2 aliphatic rings. The Bertz CT molecular complexity index is 1030. The van der Waals surface area contributed by atoms with E-state index in [1.165, 1.54) is 0 Å². The fraction of sp³-hybridized carbons (Fsp3) is 0.464. The van der Waals surface area contributed by atoms with Crippen molar-refractivity contribution in [2.45, 2.75) is 51.5 Å². The Morgan fingerprint density at radius 3 is 2.17 bits per heavy atom. The molecule has 2 atom stereocenters. The summed E-state index contributed by atoms with van der Waals surface area (Å²) in [6.45, 7) is 4.60. The zero-order valence-electron chi connectivity index (χ0n) is 20.3. The van der Waals surface area contributed by atoms with Gasteiger partial charge >= 0.3 is 12.1 Å². The lowest BCUT2D eigenvalue weighted by atomic mass is 9.73. The van der Waals surface area contributed by atoms with Gasteiger partial charge < -0.3 is 20.5 Å². The van der Waals surface area contributed by atoms with Crippen LogP contribution in [0.4, 0.5) is 4.79 Å². The molecule has 2 aliphatic carbocycles. The van der Waals surface area contributed by atoms with Crippen molar-refractivity contribution in [3.05, 3.63) is 59.7 Å². The quantitative estimate of drug-likeness (QED) is 0.464. The fourth-order valence-electron chi connectivity index (χ4n) is 5.28. The summed E-state index contributed by atoms with van der Waals surface area (Å²) >= 11 is 0. The topological polar surface area (TPSA) is 105 Å². The highest BCUT2D eigenvalue weighted by Crippen LogP contribution is 2.44. The van der Waals surface area contributed by atoms with Gasteiger partial charge in [0.1, 0.15) is 12.6 Å². The Morgan fingerprint density at radius 1 is 1.00 bits per heavy atom.